The maximum atomic E-state index is 13.4. The first-order valence-electron chi connectivity index (χ1n) is 13.2. The van der Waals surface area contributed by atoms with Crippen LogP contribution in [-0.4, -0.2) is 59.0 Å². The van der Waals surface area contributed by atoms with Gasteiger partial charge in [0, 0.05) is 19.7 Å². The first-order valence-corrected chi connectivity index (χ1v) is 14.6. The molecule has 0 aromatic heterocycles. The van der Waals surface area contributed by atoms with Crippen molar-refractivity contribution in [2.24, 2.45) is 41.2 Å². The topological polar surface area (TPSA) is 75.8 Å². The summed E-state index contributed by atoms with van der Waals surface area (Å²) in [6.45, 7) is 3.38. The van der Waals surface area contributed by atoms with Crippen molar-refractivity contribution in [1.82, 2.24) is 4.90 Å². The molecule has 0 bridgehead atoms. The molecule has 5 fully saturated rings. The van der Waals surface area contributed by atoms with Gasteiger partial charge in [0.2, 0.25) is 5.91 Å². The van der Waals surface area contributed by atoms with Crippen molar-refractivity contribution in [1.29, 1.82) is 0 Å². The molecule has 2 aliphatic carbocycles. The third-order valence-electron chi connectivity index (χ3n) is 9.66. The minimum absolute atomic E-state index is 0.0583. The predicted octanol–water partition coefficient (Wildman–Crippen LogP) is 3.66. The van der Waals surface area contributed by atoms with Crippen LogP contribution in [0.3, 0.4) is 0 Å². The van der Waals surface area contributed by atoms with E-state index in [-0.39, 0.29) is 15.6 Å². The van der Waals surface area contributed by atoms with Crippen molar-refractivity contribution in [3.8, 4) is 0 Å². The van der Waals surface area contributed by atoms with Crippen molar-refractivity contribution in [3.05, 3.63) is 0 Å². The fraction of sp³-hybridized carbons (Fsp3) is 0.958. The van der Waals surface area contributed by atoms with Gasteiger partial charge in [-0.1, -0.05) is 25.7 Å². The van der Waals surface area contributed by atoms with Crippen LogP contribution in [0, 0.1) is 35.5 Å². The number of nitrogens with two attached hydrogens (primary N) is 1. The maximum Gasteiger partial charge on any atom is 0.457 e. The van der Waals surface area contributed by atoms with Crippen LogP contribution in [-0.2, 0) is 9.45 Å². The van der Waals surface area contributed by atoms with Crippen LogP contribution >= 0.6 is 24.4 Å². The molecule has 2 saturated carbocycles. The van der Waals surface area contributed by atoms with Crippen LogP contribution < -0.4 is 5.73 Å². The van der Waals surface area contributed by atoms with E-state index in [0.29, 0.717) is 30.3 Å². The van der Waals surface area contributed by atoms with Crippen molar-refractivity contribution in [2.45, 2.75) is 79.9 Å². The summed E-state index contributed by atoms with van der Waals surface area (Å²) in [4.78, 5) is 15.6. The fourth-order valence-corrected chi connectivity index (χ4v) is 10.0. The molecule has 5 aliphatic rings. The number of piperidine rings is 1. The zero-order valence-corrected chi connectivity index (χ0v) is 21.0. The molecule has 32 heavy (non-hydrogen) atoms. The Hall–Kier alpha value is 0.115. The molecule has 0 spiro atoms. The molecule has 180 valence electrons. The van der Waals surface area contributed by atoms with E-state index in [1.54, 1.807) is 11.8 Å². The predicted molar refractivity (Wildman–Crippen MR) is 135 cm³/mol. The molecule has 0 aromatic carbocycles. The lowest BCUT2D eigenvalue weighted by Crippen LogP contribution is -2.44. The monoisotopic (exact) mass is 480 g/mol. The summed E-state index contributed by atoms with van der Waals surface area (Å²) in [5.74, 6) is 4.39. The maximum absolute atomic E-state index is 13.4. The van der Waals surface area contributed by atoms with Gasteiger partial charge in [-0.25, -0.2) is 0 Å². The van der Waals surface area contributed by atoms with E-state index in [1.807, 2.05) is 0 Å². The van der Waals surface area contributed by atoms with E-state index < -0.39 is 7.12 Å². The SMILES string of the molecule is NCC1CCCC(C2CCN(C(=O)C3CC(C4CCCC5B(O)OCC54)C(S)S3)CC2)C1. The molecule has 3 N–H and O–H groups in total. The standard InChI is InChI=1S/C24H41BN2O3S2/c26-13-15-3-1-4-17(11-15)16-7-9-27(10-8-16)23(28)22-12-19(24(31)32-22)18-5-2-6-21-20(18)14-30-25(21)29/h15-22,24,29,31H,1-14,26H2. The smallest absolute Gasteiger partial charge is 0.427 e. The van der Waals surface area contributed by atoms with Crippen molar-refractivity contribution in [3.63, 3.8) is 0 Å². The van der Waals surface area contributed by atoms with Crippen LogP contribution in [0.25, 0.3) is 0 Å². The normalized spacial score (nSPS) is 43.5. The lowest BCUT2D eigenvalue weighted by atomic mass is 9.57. The quantitative estimate of drug-likeness (QED) is 0.423. The Bertz CT molecular complexity index is 665. The molecule has 0 radical (unpaired) electrons. The first kappa shape index (κ1) is 23.8. The summed E-state index contributed by atoms with van der Waals surface area (Å²) in [5.41, 5.74) is 5.96. The molecule has 8 unspecified atom stereocenters. The molecule has 3 heterocycles. The van der Waals surface area contributed by atoms with Gasteiger partial charge in [-0.2, -0.15) is 12.6 Å². The molecule has 8 atom stereocenters. The largest absolute Gasteiger partial charge is 0.457 e. The Morgan fingerprint density at radius 3 is 2.59 bits per heavy atom. The number of amides is 1. The lowest BCUT2D eigenvalue weighted by molar-refractivity contribution is -0.132. The third-order valence-corrected chi connectivity index (χ3v) is 11.8. The van der Waals surface area contributed by atoms with Crippen LogP contribution in [0.2, 0.25) is 5.82 Å². The number of fused-ring (bicyclic) bond motifs is 1. The second kappa shape index (κ2) is 10.4. The molecule has 0 aromatic rings. The Kier molecular flexibility index (Phi) is 7.74. The second-order valence-corrected chi connectivity index (χ2v) is 13.5. The number of hydrogen-bond acceptors (Lipinski definition) is 6. The first-order chi connectivity index (χ1) is 15.5. The highest BCUT2D eigenvalue weighted by molar-refractivity contribution is 8.11. The summed E-state index contributed by atoms with van der Waals surface area (Å²) in [5, 5.41) is 10.3. The van der Waals surface area contributed by atoms with E-state index in [4.69, 9.17) is 23.0 Å². The summed E-state index contributed by atoms with van der Waals surface area (Å²) in [6, 6.07) is 0. The van der Waals surface area contributed by atoms with Crippen molar-refractivity contribution in [2.75, 3.05) is 26.2 Å². The van der Waals surface area contributed by atoms with Crippen LogP contribution in [0.4, 0.5) is 0 Å². The van der Waals surface area contributed by atoms with E-state index >= 15 is 0 Å². The van der Waals surface area contributed by atoms with Gasteiger partial charge in [0.05, 0.1) is 9.83 Å². The highest BCUT2D eigenvalue weighted by Gasteiger charge is 2.52. The number of rotatable bonds is 4. The molecular formula is C24H41BN2O3S2. The molecule has 1 amide bonds. The Morgan fingerprint density at radius 2 is 1.81 bits per heavy atom. The average Bonchev–Trinajstić information content (AvgIpc) is 3.41. The number of thiol groups is 1. The summed E-state index contributed by atoms with van der Waals surface area (Å²) in [6.07, 6.45) is 12.0. The summed E-state index contributed by atoms with van der Waals surface area (Å²) >= 11 is 6.74. The molecule has 3 saturated heterocycles. The lowest BCUT2D eigenvalue weighted by Gasteiger charge is -2.40. The van der Waals surface area contributed by atoms with Gasteiger partial charge in [-0.15, -0.1) is 11.8 Å². The van der Waals surface area contributed by atoms with Crippen molar-refractivity contribution >= 4 is 37.4 Å². The van der Waals surface area contributed by atoms with E-state index in [2.05, 4.69) is 4.90 Å². The van der Waals surface area contributed by atoms with Gasteiger partial charge < -0.3 is 20.3 Å². The van der Waals surface area contributed by atoms with Gasteiger partial charge in [0.25, 0.3) is 0 Å². The Morgan fingerprint density at radius 1 is 1.03 bits per heavy atom. The minimum atomic E-state index is -0.585. The van der Waals surface area contributed by atoms with Gasteiger partial charge in [0.1, 0.15) is 0 Å². The van der Waals surface area contributed by atoms with Crippen LogP contribution in [0.15, 0.2) is 0 Å². The van der Waals surface area contributed by atoms with Crippen molar-refractivity contribution < 1.29 is 14.5 Å². The fourth-order valence-electron chi connectivity index (χ4n) is 7.80. The van der Waals surface area contributed by atoms with Gasteiger partial charge >= 0.3 is 7.12 Å². The Balaban J connectivity index is 1.14. The number of likely N-dealkylation sites (tertiary alicyclic amines) is 1. The highest BCUT2D eigenvalue weighted by Crippen LogP contribution is 2.54. The molecule has 3 aliphatic heterocycles. The van der Waals surface area contributed by atoms with E-state index in [9.17, 15) is 9.82 Å². The van der Waals surface area contributed by atoms with Gasteiger partial charge in [-0.3, -0.25) is 4.79 Å². The van der Waals surface area contributed by atoms with E-state index in [1.165, 1.54) is 44.9 Å². The molecule has 5 nitrogen and oxygen atoms in total. The average molecular weight is 481 g/mol. The number of nitrogens with zero attached hydrogens (tertiary/aromatic N) is 1. The number of carbonyl (C=O) groups is 1. The van der Waals surface area contributed by atoms with Crippen LogP contribution in [0.5, 0.6) is 0 Å². The third kappa shape index (κ3) is 4.78. The van der Waals surface area contributed by atoms with Gasteiger partial charge in [0.15, 0.2) is 0 Å². The van der Waals surface area contributed by atoms with E-state index in [0.717, 1.165) is 56.7 Å². The highest BCUT2D eigenvalue weighted by atomic mass is 32.2. The van der Waals surface area contributed by atoms with Crippen LogP contribution in [0.1, 0.15) is 64.2 Å². The zero-order chi connectivity index (χ0) is 22.2. The molecular weight excluding hydrogens is 439 g/mol. The number of thioether (sulfide) groups is 1. The molecule has 8 heteroatoms. The van der Waals surface area contributed by atoms with Gasteiger partial charge in [-0.05, 0) is 86.4 Å². The number of hydrogen-bond donors (Lipinski definition) is 3. The molecule has 5 rings (SSSR count). The minimum Gasteiger partial charge on any atom is -0.427 e. The Labute approximate surface area is 203 Å². The summed E-state index contributed by atoms with van der Waals surface area (Å²) < 4.78 is 5.83. The second-order valence-electron chi connectivity index (χ2n) is 11.3. The summed E-state index contributed by atoms with van der Waals surface area (Å²) in [7, 11) is -0.585. The number of carbonyl (C=O) groups excluding carboxylic acids is 1. The zero-order valence-electron chi connectivity index (χ0n) is 19.3.